The highest BCUT2D eigenvalue weighted by atomic mass is 32.2. The Morgan fingerprint density at radius 3 is 2.31 bits per heavy atom. The lowest BCUT2D eigenvalue weighted by Crippen LogP contribution is -2.39. The van der Waals surface area contributed by atoms with Crippen molar-refractivity contribution in [2.45, 2.75) is 32.3 Å². The maximum absolute atomic E-state index is 11.6. The fourth-order valence-corrected chi connectivity index (χ4v) is 3.19. The molecule has 1 heterocycles. The van der Waals surface area contributed by atoms with E-state index in [1.165, 1.54) is 11.2 Å². The van der Waals surface area contributed by atoms with Crippen molar-refractivity contribution >= 4 is 10.0 Å². The molecule has 1 rings (SSSR count). The molecule has 0 amide bonds. The Labute approximate surface area is 79.6 Å². The van der Waals surface area contributed by atoms with Crippen LogP contribution in [-0.4, -0.2) is 42.8 Å². The molecule has 0 bridgehead atoms. The first kappa shape index (κ1) is 10.9. The standard InChI is InChI=1S/C8H17NO3S/c1-8(10)7-13(11,12)9-5-3-2-4-6-9/h8,10H,2-7H2,1H3/t8-/m1/s1. The third-order valence-corrected chi connectivity index (χ3v) is 4.22. The summed E-state index contributed by atoms with van der Waals surface area (Å²) in [4.78, 5) is 0. The van der Waals surface area contributed by atoms with Gasteiger partial charge in [0.25, 0.3) is 0 Å². The monoisotopic (exact) mass is 207 g/mol. The van der Waals surface area contributed by atoms with E-state index < -0.39 is 16.1 Å². The smallest absolute Gasteiger partial charge is 0.216 e. The van der Waals surface area contributed by atoms with Crippen molar-refractivity contribution in [3.63, 3.8) is 0 Å². The van der Waals surface area contributed by atoms with Crippen LogP contribution in [0.25, 0.3) is 0 Å². The molecular formula is C8H17NO3S. The summed E-state index contributed by atoms with van der Waals surface area (Å²) in [5.74, 6) is -0.146. The molecule has 0 aromatic carbocycles. The predicted octanol–water partition coefficient (Wildman–Crippen LogP) is 0.183. The Balaban J connectivity index is 2.57. The molecule has 0 aromatic rings. The van der Waals surface area contributed by atoms with E-state index in [2.05, 4.69) is 0 Å². The Hall–Kier alpha value is -0.130. The maximum atomic E-state index is 11.6. The topological polar surface area (TPSA) is 57.6 Å². The largest absolute Gasteiger partial charge is 0.392 e. The molecular weight excluding hydrogens is 190 g/mol. The van der Waals surface area contributed by atoms with Crippen LogP contribution < -0.4 is 0 Å². The van der Waals surface area contributed by atoms with Crippen LogP contribution in [0.5, 0.6) is 0 Å². The fourth-order valence-electron chi connectivity index (χ4n) is 1.55. The van der Waals surface area contributed by atoms with Gasteiger partial charge in [-0.1, -0.05) is 6.42 Å². The molecule has 1 N–H and O–H groups in total. The first-order chi connectivity index (χ1) is 6.02. The molecule has 78 valence electrons. The SMILES string of the molecule is C[C@@H](O)CS(=O)(=O)N1CCCCC1. The summed E-state index contributed by atoms with van der Waals surface area (Å²) in [5.41, 5.74) is 0. The molecule has 1 saturated heterocycles. The van der Waals surface area contributed by atoms with Crippen molar-refractivity contribution in [1.82, 2.24) is 4.31 Å². The normalized spacial score (nSPS) is 22.9. The van der Waals surface area contributed by atoms with Crippen LogP contribution in [0.3, 0.4) is 0 Å². The Kier molecular flexibility index (Phi) is 3.70. The molecule has 1 aliphatic heterocycles. The molecule has 5 heteroatoms. The summed E-state index contributed by atoms with van der Waals surface area (Å²) in [6.45, 7) is 2.74. The zero-order valence-electron chi connectivity index (χ0n) is 7.94. The van der Waals surface area contributed by atoms with Crippen LogP contribution in [0.15, 0.2) is 0 Å². The lowest BCUT2D eigenvalue weighted by Gasteiger charge is -2.26. The Morgan fingerprint density at radius 1 is 1.31 bits per heavy atom. The zero-order valence-corrected chi connectivity index (χ0v) is 8.76. The minimum absolute atomic E-state index is 0.146. The highest BCUT2D eigenvalue weighted by molar-refractivity contribution is 7.89. The zero-order chi connectivity index (χ0) is 9.90. The molecule has 1 aliphatic rings. The number of hydrogen-bond donors (Lipinski definition) is 1. The van der Waals surface area contributed by atoms with Crippen molar-refractivity contribution in [3.8, 4) is 0 Å². The summed E-state index contributed by atoms with van der Waals surface area (Å²) in [6.07, 6.45) is 2.23. The third-order valence-electron chi connectivity index (χ3n) is 2.16. The van der Waals surface area contributed by atoms with Crippen LogP contribution in [0.2, 0.25) is 0 Å². The van der Waals surface area contributed by atoms with E-state index in [-0.39, 0.29) is 5.75 Å². The van der Waals surface area contributed by atoms with Crippen LogP contribution in [0, 0.1) is 0 Å². The summed E-state index contributed by atoms with van der Waals surface area (Å²) in [5, 5.41) is 9.01. The molecule has 0 aromatic heterocycles. The van der Waals surface area contributed by atoms with Gasteiger partial charge >= 0.3 is 0 Å². The van der Waals surface area contributed by atoms with Gasteiger partial charge < -0.3 is 5.11 Å². The Morgan fingerprint density at radius 2 is 1.85 bits per heavy atom. The molecule has 13 heavy (non-hydrogen) atoms. The van der Waals surface area contributed by atoms with E-state index >= 15 is 0 Å². The van der Waals surface area contributed by atoms with Gasteiger partial charge in [0.15, 0.2) is 0 Å². The molecule has 1 atom stereocenters. The quantitative estimate of drug-likeness (QED) is 0.718. The number of piperidine rings is 1. The molecule has 0 aliphatic carbocycles. The van der Waals surface area contributed by atoms with Gasteiger partial charge in [0.05, 0.1) is 11.9 Å². The summed E-state index contributed by atoms with van der Waals surface area (Å²) in [6, 6.07) is 0. The minimum atomic E-state index is -3.20. The molecule has 4 nitrogen and oxygen atoms in total. The van der Waals surface area contributed by atoms with E-state index in [4.69, 9.17) is 5.11 Å². The molecule has 0 spiro atoms. The average molecular weight is 207 g/mol. The number of aliphatic hydroxyl groups is 1. The van der Waals surface area contributed by atoms with Gasteiger partial charge in [0.1, 0.15) is 0 Å². The van der Waals surface area contributed by atoms with Crippen LogP contribution in [-0.2, 0) is 10.0 Å². The predicted molar refractivity (Wildman–Crippen MR) is 50.9 cm³/mol. The molecule has 0 saturated carbocycles. The van der Waals surface area contributed by atoms with Crippen molar-refractivity contribution in [1.29, 1.82) is 0 Å². The number of rotatable bonds is 3. The van der Waals surface area contributed by atoms with E-state index in [0.717, 1.165) is 19.3 Å². The number of hydrogen-bond acceptors (Lipinski definition) is 3. The van der Waals surface area contributed by atoms with Gasteiger partial charge in [-0.3, -0.25) is 0 Å². The van der Waals surface area contributed by atoms with Gasteiger partial charge in [0, 0.05) is 13.1 Å². The minimum Gasteiger partial charge on any atom is -0.392 e. The first-order valence-corrected chi connectivity index (χ1v) is 6.29. The van der Waals surface area contributed by atoms with Crippen LogP contribution in [0.1, 0.15) is 26.2 Å². The second-order valence-electron chi connectivity index (χ2n) is 3.59. The molecule has 0 unspecified atom stereocenters. The lowest BCUT2D eigenvalue weighted by atomic mass is 10.2. The molecule has 1 fully saturated rings. The summed E-state index contributed by atoms with van der Waals surface area (Å²) >= 11 is 0. The highest BCUT2D eigenvalue weighted by Gasteiger charge is 2.24. The average Bonchev–Trinajstić information content (AvgIpc) is 2.04. The number of aliphatic hydroxyl groups excluding tert-OH is 1. The van der Waals surface area contributed by atoms with Gasteiger partial charge in [-0.2, -0.15) is 0 Å². The van der Waals surface area contributed by atoms with E-state index in [1.807, 2.05) is 0 Å². The number of sulfonamides is 1. The van der Waals surface area contributed by atoms with Crippen molar-refractivity contribution in [2.24, 2.45) is 0 Å². The van der Waals surface area contributed by atoms with E-state index in [1.54, 1.807) is 0 Å². The second-order valence-corrected chi connectivity index (χ2v) is 5.60. The Bertz CT molecular complexity index is 242. The van der Waals surface area contributed by atoms with E-state index in [9.17, 15) is 8.42 Å². The second kappa shape index (κ2) is 4.39. The lowest BCUT2D eigenvalue weighted by molar-refractivity contribution is 0.214. The van der Waals surface area contributed by atoms with E-state index in [0.29, 0.717) is 13.1 Å². The number of nitrogens with zero attached hydrogens (tertiary/aromatic N) is 1. The fraction of sp³-hybridized carbons (Fsp3) is 1.00. The summed E-state index contributed by atoms with van der Waals surface area (Å²) in [7, 11) is -3.20. The van der Waals surface area contributed by atoms with Crippen LogP contribution >= 0.6 is 0 Å². The van der Waals surface area contributed by atoms with Crippen molar-refractivity contribution in [3.05, 3.63) is 0 Å². The first-order valence-electron chi connectivity index (χ1n) is 4.68. The third kappa shape index (κ3) is 3.25. The van der Waals surface area contributed by atoms with Crippen LogP contribution in [0.4, 0.5) is 0 Å². The van der Waals surface area contributed by atoms with Gasteiger partial charge in [-0.05, 0) is 19.8 Å². The van der Waals surface area contributed by atoms with Crippen molar-refractivity contribution < 1.29 is 13.5 Å². The van der Waals surface area contributed by atoms with Crippen molar-refractivity contribution in [2.75, 3.05) is 18.8 Å². The highest BCUT2D eigenvalue weighted by Crippen LogP contribution is 2.13. The summed E-state index contributed by atoms with van der Waals surface area (Å²) < 4.78 is 24.6. The van der Waals surface area contributed by atoms with Gasteiger partial charge in [0.2, 0.25) is 10.0 Å². The van der Waals surface area contributed by atoms with Gasteiger partial charge in [-0.15, -0.1) is 0 Å². The van der Waals surface area contributed by atoms with Gasteiger partial charge in [-0.25, -0.2) is 12.7 Å². The maximum Gasteiger partial charge on any atom is 0.216 e. The molecule has 0 radical (unpaired) electrons.